The first-order valence-electron chi connectivity index (χ1n) is 6.48. The van der Waals surface area contributed by atoms with Crippen LogP contribution in [0.3, 0.4) is 0 Å². The van der Waals surface area contributed by atoms with Gasteiger partial charge in [-0.15, -0.1) is 0 Å². The molecule has 1 aliphatic rings. The van der Waals surface area contributed by atoms with E-state index in [1.807, 2.05) is 4.90 Å². The largest absolute Gasteiger partial charge is 0.507 e. The molecule has 1 saturated heterocycles. The first-order valence-corrected chi connectivity index (χ1v) is 6.48. The Morgan fingerprint density at radius 1 is 1.55 bits per heavy atom. The number of halogens is 1. The Labute approximate surface area is 116 Å². The Bertz CT molecular complexity index is 506. The summed E-state index contributed by atoms with van der Waals surface area (Å²) < 4.78 is 18.8. The summed E-state index contributed by atoms with van der Waals surface area (Å²) in [6.45, 7) is 2.96. The van der Waals surface area contributed by atoms with Gasteiger partial charge in [0.05, 0.1) is 31.4 Å². The summed E-state index contributed by atoms with van der Waals surface area (Å²) in [4.78, 5) is 13.3. The molecule has 6 heteroatoms. The van der Waals surface area contributed by atoms with Crippen molar-refractivity contribution in [1.82, 2.24) is 4.90 Å². The number of hydrogen-bond donors (Lipinski definition) is 2. The Morgan fingerprint density at radius 2 is 2.30 bits per heavy atom. The maximum absolute atomic E-state index is 13.5. The molecule has 1 atom stereocenters. The molecule has 2 rings (SSSR count). The monoisotopic (exact) mass is 283 g/mol. The van der Waals surface area contributed by atoms with Gasteiger partial charge in [-0.25, -0.2) is 4.39 Å². The molecule has 0 radical (unpaired) electrons. The van der Waals surface area contributed by atoms with Gasteiger partial charge in [0.25, 0.3) is 0 Å². The van der Waals surface area contributed by atoms with E-state index >= 15 is 0 Å². The van der Waals surface area contributed by atoms with Crippen molar-refractivity contribution in [3.8, 4) is 5.75 Å². The van der Waals surface area contributed by atoms with Crippen molar-refractivity contribution in [3.05, 3.63) is 29.1 Å². The lowest BCUT2D eigenvalue weighted by atomic mass is 10.0. The first-order chi connectivity index (χ1) is 9.52. The van der Waals surface area contributed by atoms with Crippen molar-refractivity contribution in [1.29, 1.82) is 0 Å². The zero-order valence-electron chi connectivity index (χ0n) is 11.3. The Balaban J connectivity index is 2.26. The van der Waals surface area contributed by atoms with Crippen LogP contribution in [0.5, 0.6) is 5.75 Å². The van der Waals surface area contributed by atoms with Gasteiger partial charge in [0, 0.05) is 18.7 Å². The minimum atomic E-state index is -0.559. The Kier molecular flexibility index (Phi) is 4.69. The van der Waals surface area contributed by atoms with E-state index in [0.29, 0.717) is 25.3 Å². The van der Waals surface area contributed by atoms with Crippen LogP contribution in [0.25, 0.3) is 0 Å². The number of benzene rings is 1. The molecular weight excluding hydrogens is 265 g/mol. The number of aliphatic hydroxyl groups is 1. The van der Waals surface area contributed by atoms with Gasteiger partial charge >= 0.3 is 0 Å². The maximum Gasteiger partial charge on any atom is 0.163 e. The number of Topliss-reactive ketones (excluding diaryl/α,β-unsaturated/α-hetero) is 1. The molecule has 0 amide bonds. The molecule has 1 aliphatic heterocycles. The number of aliphatic hydroxyl groups excluding tert-OH is 1. The van der Waals surface area contributed by atoms with Crippen LogP contribution in [0, 0.1) is 5.82 Å². The second-order valence-electron chi connectivity index (χ2n) is 4.90. The number of ether oxygens (including phenoxy) is 1. The smallest absolute Gasteiger partial charge is 0.163 e. The number of carbonyl (C=O) groups is 1. The molecule has 0 aromatic heterocycles. The second-order valence-corrected chi connectivity index (χ2v) is 4.90. The predicted octanol–water partition coefficient (Wildman–Crippen LogP) is 0.927. The number of rotatable bonds is 4. The highest BCUT2D eigenvalue weighted by atomic mass is 19.1. The van der Waals surface area contributed by atoms with Crippen LogP contribution in [0.4, 0.5) is 4.39 Å². The van der Waals surface area contributed by atoms with E-state index in [-0.39, 0.29) is 36.3 Å². The van der Waals surface area contributed by atoms with E-state index < -0.39 is 5.82 Å². The molecule has 1 aromatic carbocycles. The van der Waals surface area contributed by atoms with Crippen LogP contribution in [-0.2, 0) is 11.3 Å². The summed E-state index contributed by atoms with van der Waals surface area (Å²) in [5.74, 6) is -1.14. The quantitative estimate of drug-likeness (QED) is 0.804. The molecule has 1 aromatic rings. The minimum absolute atomic E-state index is 0.0196. The molecule has 1 fully saturated rings. The van der Waals surface area contributed by atoms with E-state index in [1.54, 1.807) is 0 Å². The van der Waals surface area contributed by atoms with Gasteiger partial charge in [-0.1, -0.05) is 0 Å². The number of ketones is 1. The van der Waals surface area contributed by atoms with Gasteiger partial charge in [0.2, 0.25) is 0 Å². The summed E-state index contributed by atoms with van der Waals surface area (Å²) in [5.41, 5.74) is 0.323. The minimum Gasteiger partial charge on any atom is -0.507 e. The number of nitrogens with zero attached hydrogens (tertiary/aromatic N) is 1. The van der Waals surface area contributed by atoms with Crippen LogP contribution >= 0.6 is 0 Å². The lowest BCUT2D eigenvalue weighted by Gasteiger charge is -2.34. The molecule has 0 saturated carbocycles. The van der Waals surface area contributed by atoms with Crippen molar-refractivity contribution in [3.63, 3.8) is 0 Å². The number of hydrogen-bond acceptors (Lipinski definition) is 5. The third-order valence-corrected chi connectivity index (χ3v) is 3.47. The maximum atomic E-state index is 13.5. The Morgan fingerprint density at radius 3 is 2.95 bits per heavy atom. The highest BCUT2D eigenvalue weighted by Gasteiger charge is 2.24. The van der Waals surface area contributed by atoms with E-state index in [0.717, 1.165) is 6.07 Å². The van der Waals surface area contributed by atoms with Crippen LogP contribution in [0.1, 0.15) is 22.8 Å². The predicted molar refractivity (Wildman–Crippen MR) is 70.2 cm³/mol. The number of phenolic OH excluding ortho intramolecular Hbond substituents is 1. The molecule has 2 N–H and O–H groups in total. The third-order valence-electron chi connectivity index (χ3n) is 3.47. The normalized spacial score (nSPS) is 20.1. The average Bonchev–Trinajstić information content (AvgIpc) is 2.42. The highest BCUT2D eigenvalue weighted by molar-refractivity contribution is 5.97. The van der Waals surface area contributed by atoms with Crippen molar-refractivity contribution in [2.24, 2.45) is 0 Å². The molecule has 110 valence electrons. The third kappa shape index (κ3) is 3.15. The van der Waals surface area contributed by atoms with Gasteiger partial charge in [-0.2, -0.15) is 0 Å². The van der Waals surface area contributed by atoms with E-state index in [4.69, 9.17) is 4.74 Å². The molecule has 1 heterocycles. The topological polar surface area (TPSA) is 70.0 Å². The van der Waals surface area contributed by atoms with Crippen molar-refractivity contribution >= 4 is 5.78 Å². The molecular formula is C14H18FNO4. The zero-order valence-corrected chi connectivity index (χ0v) is 11.3. The second kappa shape index (κ2) is 6.30. The number of carbonyl (C=O) groups excluding carboxylic acids is 1. The van der Waals surface area contributed by atoms with Gasteiger partial charge in [0.15, 0.2) is 5.78 Å². The van der Waals surface area contributed by atoms with Gasteiger partial charge < -0.3 is 14.9 Å². The molecule has 20 heavy (non-hydrogen) atoms. The molecule has 0 aliphatic carbocycles. The summed E-state index contributed by atoms with van der Waals surface area (Å²) in [6.07, 6.45) is 0. The fourth-order valence-electron chi connectivity index (χ4n) is 2.33. The first kappa shape index (κ1) is 14.9. The fraction of sp³-hybridized carbons (Fsp3) is 0.500. The van der Waals surface area contributed by atoms with Gasteiger partial charge in [-0.05, 0) is 19.1 Å². The van der Waals surface area contributed by atoms with E-state index in [1.165, 1.54) is 13.0 Å². The summed E-state index contributed by atoms with van der Waals surface area (Å²) in [7, 11) is 0. The number of aromatic hydroxyl groups is 1. The highest BCUT2D eigenvalue weighted by Crippen LogP contribution is 2.27. The van der Waals surface area contributed by atoms with E-state index in [2.05, 4.69) is 0 Å². The summed E-state index contributed by atoms with van der Waals surface area (Å²) in [6, 6.07) is 2.06. The summed E-state index contributed by atoms with van der Waals surface area (Å²) in [5, 5.41) is 19.4. The van der Waals surface area contributed by atoms with Crippen molar-refractivity contribution in [2.75, 3.05) is 26.4 Å². The number of morpholine rings is 1. The summed E-state index contributed by atoms with van der Waals surface area (Å²) >= 11 is 0. The van der Waals surface area contributed by atoms with Crippen LogP contribution < -0.4 is 0 Å². The fourth-order valence-corrected chi connectivity index (χ4v) is 2.33. The Hall–Kier alpha value is -1.50. The molecule has 1 unspecified atom stereocenters. The van der Waals surface area contributed by atoms with Gasteiger partial charge in [0.1, 0.15) is 11.6 Å². The van der Waals surface area contributed by atoms with Gasteiger partial charge in [-0.3, -0.25) is 9.69 Å². The molecule has 0 bridgehead atoms. The average molecular weight is 283 g/mol. The van der Waals surface area contributed by atoms with Crippen LogP contribution in [-0.4, -0.2) is 53.3 Å². The molecule has 0 spiro atoms. The zero-order chi connectivity index (χ0) is 14.7. The van der Waals surface area contributed by atoms with Crippen molar-refractivity contribution in [2.45, 2.75) is 19.5 Å². The standard InChI is InChI=1S/C14H18FNO4/c1-9(18)13-5-11(15)4-10(14(13)19)6-16-2-3-20-8-12(16)7-17/h4-5,12,17,19H,2-3,6-8H2,1H3. The van der Waals surface area contributed by atoms with Crippen molar-refractivity contribution < 1.29 is 24.1 Å². The van der Waals surface area contributed by atoms with Crippen LogP contribution in [0.15, 0.2) is 12.1 Å². The van der Waals surface area contributed by atoms with Crippen LogP contribution in [0.2, 0.25) is 0 Å². The SMILES string of the molecule is CC(=O)c1cc(F)cc(CN2CCOCC2CO)c1O. The molecule has 5 nitrogen and oxygen atoms in total. The lowest BCUT2D eigenvalue weighted by molar-refractivity contribution is -0.0315. The van der Waals surface area contributed by atoms with E-state index in [9.17, 15) is 19.4 Å². The lowest BCUT2D eigenvalue weighted by Crippen LogP contribution is -2.46. The number of phenols is 1.